The zero-order chi connectivity index (χ0) is 17.8. The fourth-order valence-corrected chi connectivity index (χ4v) is 3.59. The van der Waals surface area contributed by atoms with E-state index in [-0.39, 0.29) is 5.91 Å². The van der Waals surface area contributed by atoms with Crippen LogP contribution in [0.4, 0.5) is 0 Å². The van der Waals surface area contributed by atoms with Crippen molar-refractivity contribution < 1.29 is 4.79 Å². The molecule has 0 unspecified atom stereocenters. The van der Waals surface area contributed by atoms with Gasteiger partial charge in [-0.05, 0) is 42.1 Å². The molecule has 0 atom stereocenters. The summed E-state index contributed by atoms with van der Waals surface area (Å²) in [6, 6.07) is 17.5. The number of amides is 1. The minimum Gasteiger partial charge on any atom is -0.352 e. The second-order valence-electron chi connectivity index (χ2n) is 5.89. The van der Waals surface area contributed by atoms with E-state index in [1.807, 2.05) is 48.5 Å². The normalized spacial score (nSPS) is 10.8. The van der Waals surface area contributed by atoms with Gasteiger partial charge in [-0.15, -0.1) is 11.3 Å². The second-order valence-corrected chi connectivity index (χ2v) is 6.93. The maximum atomic E-state index is 12.8. The number of nitrogens with one attached hydrogen (secondary N) is 1. The van der Waals surface area contributed by atoms with Crippen molar-refractivity contribution in [2.75, 3.05) is 6.54 Å². The molecule has 0 radical (unpaired) electrons. The molecule has 0 saturated heterocycles. The highest BCUT2D eigenvalue weighted by molar-refractivity contribution is 7.09. The predicted octanol–water partition coefficient (Wildman–Crippen LogP) is 4.33. The van der Waals surface area contributed by atoms with Crippen LogP contribution in [0, 0.1) is 0 Å². The number of carbonyl (C=O) groups is 1. The average Bonchev–Trinajstić information content (AvgIpc) is 3.21. The van der Waals surface area contributed by atoms with Gasteiger partial charge >= 0.3 is 0 Å². The highest BCUT2D eigenvalue weighted by Gasteiger charge is 2.13. The molecule has 4 aromatic rings. The molecule has 1 N–H and O–H groups in total. The molecule has 128 valence electrons. The van der Waals surface area contributed by atoms with Crippen LogP contribution in [-0.4, -0.2) is 22.4 Å². The molecule has 0 spiro atoms. The number of para-hydroxylation sites is 1. The van der Waals surface area contributed by atoms with Gasteiger partial charge in [0.25, 0.3) is 5.91 Å². The van der Waals surface area contributed by atoms with Gasteiger partial charge in [-0.2, -0.15) is 0 Å². The summed E-state index contributed by atoms with van der Waals surface area (Å²) in [5.74, 6) is -0.0736. The van der Waals surface area contributed by atoms with Crippen LogP contribution in [0.5, 0.6) is 0 Å². The molecule has 0 fully saturated rings. The summed E-state index contributed by atoms with van der Waals surface area (Å²) in [5, 5.41) is 5.95. The van der Waals surface area contributed by atoms with Gasteiger partial charge in [-0.25, -0.2) is 4.98 Å². The van der Waals surface area contributed by atoms with Gasteiger partial charge in [0.05, 0.1) is 16.8 Å². The van der Waals surface area contributed by atoms with Gasteiger partial charge in [-0.1, -0.05) is 24.3 Å². The highest BCUT2D eigenvalue weighted by atomic mass is 32.1. The molecule has 26 heavy (non-hydrogen) atoms. The van der Waals surface area contributed by atoms with Gasteiger partial charge in [0.15, 0.2) is 0 Å². The smallest absolute Gasteiger partial charge is 0.252 e. The van der Waals surface area contributed by atoms with Crippen LogP contribution in [0.25, 0.3) is 22.2 Å². The minimum absolute atomic E-state index is 0.0736. The fraction of sp³-hybridized carbons (Fsp3) is 0.0952. The Hall–Kier alpha value is -3.05. The van der Waals surface area contributed by atoms with Crippen LogP contribution in [0.3, 0.4) is 0 Å². The molecule has 0 aliphatic carbocycles. The predicted molar refractivity (Wildman–Crippen MR) is 105 cm³/mol. The van der Waals surface area contributed by atoms with Gasteiger partial charge in [-0.3, -0.25) is 9.78 Å². The van der Waals surface area contributed by atoms with Crippen LogP contribution in [-0.2, 0) is 6.42 Å². The lowest BCUT2D eigenvalue weighted by molar-refractivity contribution is 0.0956. The molecule has 0 aliphatic heterocycles. The number of benzene rings is 1. The van der Waals surface area contributed by atoms with Crippen molar-refractivity contribution in [3.05, 3.63) is 82.8 Å². The van der Waals surface area contributed by atoms with Crippen LogP contribution < -0.4 is 5.32 Å². The lowest BCUT2D eigenvalue weighted by Gasteiger charge is -2.10. The largest absolute Gasteiger partial charge is 0.352 e. The van der Waals surface area contributed by atoms with Gasteiger partial charge in [0, 0.05) is 34.8 Å². The van der Waals surface area contributed by atoms with Gasteiger partial charge in [0.2, 0.25) is 0 Å². The number of fused-ring (bicyclic) bond motifs is 1. The lowest BCUT2D eigenvalue weighted by Crippen LogP contribution is -2.25. The number of pyridine rings is 2. The molecular formula is C21H17N3OS. The molecule has 3 heterocycles. The molecule has 0 saturated carbocycles. The van der Waals surface area contributed by atoms with Crippen LogP contribution in [0.1, 0.15) is 15.2 Å². The number of thiophene rings is 1. The average molecular weight is 359 g/mol. The lowest BCUT2D eigenvalue weighted by atomic mass is 10.0. The Labute approximate surface area is 155 Å². The van der Waals surface area contributed by atoms with E-state index in [0.717, 1.165) is 28.6 Å². The van der Waals surface area contributed by atoms with Crippen molar-refractivity contribution >= 4 is 28.1 Å². The van der Waals surface area contributed by atoms with Crippen molar-refractivity contribution in [1.29, 1.82) is 0 Å². The Balaban J connectivity index is 1.65. The van der Waals surface area contributed by atoms with Crippen molar-refractivity contribution in [3.63, 3.8) is 0 Å². The Morgan fingerprint density at radius 1 is 1.04 bits per heavy atom. The quantitative estimate of drug-likeness (QED) is 0.577. The Kier molecular flexibility index (Phi) is 4.71. The van der Waals surface area contributed by atoms with Crippen LogP contribution in [0.2, 0.25) is 0 Å². The topological polar surface area (TPSA) is 54.9 Å². The molecule has 4 nitrogen and oxygen atoms in total. The summed E-state index contributed by atoms with van der Waals surface area (Å²) in [7, 11) is 0. The molecular weight excluding hydrogens is 342 g/mol. The second kappa shape index (κ2) is 7.45. The summed E-state index contributed by atoms with van der Waals surface area (Å²) in [6.45, 7) is 0.612. The van der Waals surface area contributed by atoms with Crippen LogP contribution in [0.15, 0.2) is 72.4 Å². The van der Waals surface area contributed by atoms with E-state index in [4.69, 9.17) is 4.98 Å². The van der Waals surface area contributed by atoms with E-state index in [2.05, 4.69) is 21.7 Å². The number of carbonyl (C=O) groups excluding carboxylic acids is 1. The molecule has 0 aliphatic rings. The summed E-state index contributed by atoms with van der Waals surface area (Å²) >= 11 is 1.71. The first-order chi connectivity index (χ1) is 12.8. The fourth-order valence-electron chi connectivity index (χ4n) is 2.88. The molecule has 3 aromatic heterocycles. The van der Waals surface area contributed by atoms with Gasteiger partial charge < -0.3 is 5.32 Å². The first-order valence-electron chi connectivity index (χ1n) is 8.42. The number of aromatic nitrogens is 2. The minimum atomic E-state index is -0.0736. The monoisotopic (exact) mass is 359 g/mol. The standard InChI is InChI=1S/C21H17N3OS/c25-21(23-12-9-16-4-3-13-26-16)18-14-20(15-7-10-22-11-8-15)24-19-6-2-1-5-17(18)19/h1-8,10-11,13-14H,9,12H2,(H,23,25). The third-order valence-corrected chi connectivity index (χ3v) is 5.11. The van der Waals surface area contributed by atoms with Crippen LogP contribution >= 0.6 is 11.3 Å². The molecule has 0 bridgehead atoms. The summed E-state index contributed by atoms with van der Waals surface area (Å²) in [5.41, 5.74) is 3.17. The van der Waals surface area contributed by atoms with E-state index in [1.54, 1.807) is 23.7 Å². The molecule has 4 rings (SSSR count). The van der Waals surface area contributed by atoms with E-state index >= 15 is 0 Å². The summed E-state index contributed by atoms with van der Waals surface area (Å²) in [6.07, 6.45) is 4.30. The maximum absolute atomic E-state index is 12.8. The molecule has 1 amide bonds. The Bertz CT molecular complexity index is 1030. The third-order valence-electron chi connectivity index (χ3n) is 4.17. The van der Waals surface area contributed by atoms with E-state index < -0.39 is 0 Å². The maximum Gasteiger partial charge on any atom is 0.252 e. The Morgan fingerprint density at radius 3 is 2.69 bits per heavy atom. The van der Waals surface area contributed by atoms with Gasteiger partial charge in [0.1, 0.15) is 0 Å². The van der Waals surface area contributed by atoms with E-state index in [0.29, 0.717) is 12.1 Å². The summed E-state index contributed by atoms with van der Waals surface area (Å²) < 4.78 is 0. The van der Waals surface area contributed by atoms with E-state index in [9.17, 15) is 4.79 Å². The van der Waals surface area contributed by atoms with Crippen molar-refractivity contribution in [2.24, 2.45) is 0 Å². The first kappa shape index (κ1) is 16.4. The Morgan fingerprint density at radius 2 is 1.88 bits per heavy atom. The van der Waals surface area contributed by atoms with Crippen molar-refractivity contribution in [1.82, 2.24) is 15.3 Å². The number of nitrogens with zero attached hydrogens (tertiary/aromatic N) is 2. The molecule has 5 heteroatoms. The zero-order valence-corrected chi connectivity index (χ0v) is 14.9. The number of hydrogen-bond donors (Lipinski definition) is 1. The SMILES string of the molecule is O=C(NCCc1cccs1)c1cc(-c2ccncc2)nc2ccccc12. The van der Waals surface area contributed by atoms with Crippen molar-refractivity contribution in [3.8, 4) is 11.3 Å². The van der Waals surface area contributed by atoms with Crippen molar-refractivity contribution in [2.45, 2.75) is 6.42 Å². The first-order valence-corrected chi connectivity index (χ1v) is 9.30. The number of hydrogen-bond acceptors (Lipinski definition) is 4. The zero-order valence-electron chi connectivity index (χ0n) is 14.1. The third kappa shape index (κ3) is 3.48. The van der Waals surface area contributed by atoms with E-state index in [1.165, 1.54) is 4.88 Å². The highest BCUT2D eigenvalue weighted by Crippen LogP contribution is 2.24. The molecule has 1 aromatic carbocycles. The number of rotatable bonds is 5. The summed E-state index contributed by atoms with van der Waals surface area (Å²) in [4.78, 5) is 22.8.